The van der Waals surface area contributed by atoms with Gasteiger partial charge in [0.25, 0.3) is 0 Å². The minimum absolute atomic E-state index is 0.579. The van der Waals surface area contributed by atoms with Gasteiger partial charge in [-0.1, -0.05) is 25.3 Å². The molecule has 0 radical (unpaired) electrons. The average molecular weight is 314 g/mol. The van der Waals surface area contributed by atoms with E-state index in [4.69, 9.17) is 0 Å². The van der Waals surface area contributed by atoms with E-state index in [1.165, 1.54) is 32.1 Å². The molecule has 0 spiro atoms. The Balaban J connectivity index is 1.43. The molecule has 23 heavy (non-hydrogen) atoms. The fraction of sp³-hybridized carbons (Fsp3) is 0.588. The van der Waals surface area contributed by atoms with Gasteiger partial charge in [0.1, 0.15) is 5.82 Å². The van der Waals surface area contributed by atoms with Crippen LogP contribution in [-0.2, 0) is 6.42 Å². The number of aryl methyl sites for hydroxylation is 1. The number of hydrogen-bond donors (Lipinski definition) is 2. The van der Waals surface area contributed by atoms with Crippen molar-refractivity contribution in [3.05, 3.63) is 30.2 Å². The monoisotopic (exact) mass is 314 g/mol. The molecule has 1 saturated carbocycles. The minimum atomic E-state index is 0.579. The first kappa shape index (κ1) is 15.8. The van der Waals surface area contributed by atoms with Crippen LogP contribution in [0, 0.1) is 0 Å². The summed E-state index contributed by atoms with van der Waals surface area (Å²) in [5, 5.41) is 15.4. The van der Waals surface area contributed by atoms with Crippen LogP contribution in [0.4, 0.5) is 0 Å². The van der Waals surface area contributed by atoms with Gasteiger partial charge in [0.2, 0.25) is 0 Å². The van der Waals surface area contributed by atoms with Gasteiger partial charge in [0.15, 0.2) is 11.6 Å². The Bertz CT molecular complexity index is 641. The molecule has 1 aliphatic rings. The Hall–Kier alpha value is -2.11. The number of guanidine groups is 1. The summed E-state index contributed by atoms with van der Waals surface area (Å²) >= 11 is 0. The molecule has 2 heterocycles. The molecule has 0 atom stereocenters. The lowest BCUT2D eigenvalue weighted by Gasteiger charge is -2.24. The molecule has 2 aromatic rings. The first-order valence-corrected chi connectivity index (χ1v) is 8.62. The lowest BCUT2D eigenvalue weighted by Crippen LogP contribution is -2.44. The number of rotatable bonds is 5. The summed E-state index contributed by atoms with van der Waals surface area (Å²) in [6.07, 6.45) is 10.5. The van der Waals surface area contributed by atoms with Gasteiger partial charge in [-0.15, -0.1) is 10.2 Å². The minimum Gasteiger partial charge on any atom is -0.356 e. The van der Waals surface area contributed by atoms with E-state index in [0.717, 1.165) is 36.8 Å². The van der Waals surface area contributed by atoms with Crippen molar-refractivity contribution in [1.29, 1.82) is 0 Å². The van der Waals surface area contributed by atoms with Gasteiger partial charge < -0.3 is 10.6 Å². The number of aromatic nitrogens is 3. The van der Waals surface area contributed by atoms with Crippen LogP contribution in [0.5, 0.6) is 0 Å². The Morgan fingerprint density at radius 2 is 2.13 bits per heavy atom. The smallest absolute Gasteiger partial charge is 0.191 e. The largest absolute Gasteiger partial charge is 0.356 e. The SMILES string of the molecule is CN=C(NCCCc1nnc2ccccn12)NC1CCCCC1. The first-order valence-electron chi connectivity index (χ1n) is 8.62. The normalized spacial score (nSPS) is 16.7. The summed E-state index contributed by atoms with van der Waals surface area (Å²) in [7, 11) is 1.84. The van der Waals surface area contributed by atoms with E-state index < -0.39 is 0 Å². The molecular weight excluding hydrogens is 288 g/mol. The molecule has 0 aliphatic heterocycles. The standard InChI is InChI=1S/C17H26N6/c1-18-17(20-14-8-3-2-4-9-14)19-12-7-11-16-22-21-15-10-5-6-13-23(15)16/h5-6,10,13-14H,2-4,7-9,11-12H2,1H3,(H2,18,19,20). The maximum atomic E-state index is 4.33. The zero-order valence-corrected chi connectivity index (χ0v) is 13.8. The summed E-state index contributed by atoms with van der Waals surface area (Å²) in [6, 6.07) is 6.55. The molecule has 1 aliphatic carbocycles. The average Bonchev–Trinajstić information content (AvgIpc) is 3.02. The van der Waals surface area contributed by atoms with Crippen molar-refractivity contribution in [3.8, 4) is 0 Å². The molecule has 6 heteroatoms. The quantitative estimate of drug-likeness (QED) is 0.504. The molecule has 0 amide bonds. The van der Waals surface area contributed by atoms with Crippen molar-refractivity contribution in [1.82, 2.24) is 25.2 Å². The van der Waals surface area contributed by atoms with E-state index in [-0.39, 0.29) is 0 Å². The van der Waals surface area contributed by atoms with Crippen LogP contribution in [0.1, 0.15) is 44.3 Å². The van der Waals surface area contributed by atoms with Gasteiger partial charge in [-0.3, -0.25) is 9.39 Å². The molecule has 2 N–H and O–H groups in total. The summed E-state index contributed by atoms with van der Waals surface area (Å²) in [6.45, 7) is 0.883. The zero-order valence-electron chi connectivity index (χ0n) is 13.8. The summed E-state index contributed by atoms with van der Waals surface area (Å²) in [5.74, 6) is 1.93. The highest BCUT2D eigenvalue weighted by molar-refractivity contribution is 5.79. The molecular formula is C17H26N6. The van der Waals surface area contributed by atoms with Crippen LogP contribution in [-0.4, -0.2) is 40.2 Å². The molecule has 124 valence electrons. The number of aliphatic imine (C=N–C) groups is 1. The lowest BCUT2D eigenvalue weighted by atomic mass is 9.96. The molecule has 0 saturated heterocycles. The maximum Gasteiger partial charge on any atom is 0.191 e. The topological polar surface area (TPSA) is 66.6 Å². The van der Waals surface area contributed by atoms with E-state index in [1.54, 1.807) is 0 Å². The molecule has 3 rings (SSSR count). The van der Waals surface area contributed by atoms with E-state index in [9.17, 15) is 0 Å². The van der Waals surface area contributed by atoms with Crippen LogP contribution >= 0.6 is 0 Å². The second kappa shape index (κ2) is 7.94. The van der Waals surface area contributed by atoms with Crippen LogP contribution in [0.3, 0.4) is 0 Å². The highest BCUT2D eigenvalue weighted by Gasteiger charge is 2.14. The Kier molecular flexibility index (Phi) is 5.45. The van der Waals surface area contributed by atoms with Crippen LogP contribution in [0.2, 0.25) is 0 Å². The van der Waals surface area contributed by atoms with Crippen molar-refractivity contribution >= 4 is 11.6 Å². The van der Waals surface area contributed by atoms with E-state index in [1.807, 2.05) is 31.4 Å². The van der Waals surface area contributed by atoms with E-state index in [0.29, 0.717) is 6.04 Å². The zero-order chi connectivity index (χ0) is 15.9. The van der Waals surface area contributed by atoms with Crippen molar-refractivity contribution in [2.24, 2.45) is 4.99 Å². The molecule has 1 fully saturated rings. The number of pyridine rings is 1. The molecule has 0 aromatic carbocycles. The van der Waals surface area contributed by atoms with Gasteiger partial charge in [0.05, 0.1) is 0 Å². The molecule has 6 nitrogen and oxygen atoms in total. The molecule has 2 aromatic heterocycles. The summed E-state index contributed by atoms with van der Waals surface area (Å²) < 4.78 is 2.05. The highest BCUT2D eigenvalue weighted by atomic mass is 15.2. The maximum absolute atomic E-state index is 4.33. The van der Waals surface area contributed by atoms with Crippen LogP contribution in [0.15, 0.2) is 29.4 Å². The number of fused-ring (bicyclic) bond motifs is 1. The van der Waals surface area contributed by atoms with Crippen molar-refractivity contribution in [2.75, 3.05) is 13.6 Å². The Labute approximate surface area is 137 Å². The van der Waals surface area contributed by atoms with Crippen LogP contribution < -0.4 is 10.6 Å². The van der Waals surface area contributed by atoms with E-state index in [2.05, 4.69) is 30.2 Å². The van der Waals surface area contributed by atoms with Gasteiger partial charge in [-0.05, 0) is 31.4 Å². The number of nitrogens with one attached hydrogen (secondary N) is 2. The van der Waals surface area contributed by atoms with Crippen molar-refractivity contribution < 1.29 is 0 Å². The van der Waals surface area contributed by atoms with Gasteiger partial charge in [0, 0.05) is 32.3 Å². The molecule has 0 unspecified atom stereocenters. The second-order valence-corrected chi connectivity index (χ2v) is 6.13. The first-order chi connectivity index (χ1) is 11.4. The Morgan fingerprint density at radius 3 is 2.96 bits per heavy atom. The highest BCUT2D eigenvalue weighted by Crippen LogP contribution is 2.17. The third kappa shape index (κ3) is 4.21. The predicted octanol–water partition coefficient (Wildman–Crippen LogP) is 2.16. The van der Waals surface area contributed by atoms with Crippen LogP contribution in [0.25, 0.3) is 5.65 Å². The van der Waals surface area contributed by atoms with Crippen molar-refractivity contribution in [3.63, 3.8) is 0 Å². The van der Waals surface area contributed by atoms with E-state index >= 15 is 0 Å². The summed E-state index contributed by atoms with van der Waals surface area (Å²) in [5.41, 5.74) is 0.908. The van der Waals surface area contributed by atoms with Gasteiger partial charge >= 0.3 is 0 Å². The third-order valence-electron chi connectivity index (χ3n) is 4.42. The Morgan fingerprint density at radius 1 is 1.26 bits per heavy atom. The molecule has 0 bridgehead atoms. The second-order valence-electron chi connectivity index (χ2n) is 6.13. The van der Waals surface area contributed by atoms with Gasteiger partial charge in [-0.2, -0.15) is 0 Å². The van der Waals surface area contributed by atoms with Gasteiger partial charge in [-0.25, -0.2) is 0 Å². The predicted molar refractivity (Wildman–Crippen MR) is 92.7 cm³/mol. The lowest BCUT2D eigenvalue weighted by molar-refractivity contribution is 0.410. The number of hydrogen-bond acceptors (Lipinski definition) is 3. The fourth-order valence-corrected chi connectivity index (χ4v) is 3.15. The fourth-order valence-electron chi connectivity index (χ4n) is 3.15. The third-order valence-corrected chi connectivity index (χ3v) is 4.42. The van der Waals surface area contributed by atoms with Crippen molar-refractivity contribution in [2.45, 2.75) is 51.0 Å². The summed E-state index contributed by atoms with van der Waals surface area (Å²) in [4.78, 5) is 4.33. The number of nitrogens with zero attached hydrogens (tertiary/aromatic N) is 4.